The first-order chi connectivity index (χ1) is 10.8. The van der Waals surface area contributed by atoms with Crippen molar-refractivity contribution < 1.29 is 22.7 Å². The third kappa shape index (κ3) is 4.23. The number of Topliss-reactive ketones (excluding diaryl/α,β-unsaturated/α-hetero) is 1. The van der Waals surface area contributed by atoms with Gasteiger partial charge in [0, 0.05) is 26.2 Å². The van der Waals surface area contributed by atoms with E-state index in [0.717, 1.165) is 25.2 Å². The molecule has 1 aliphatic heterocycles. The molecule has 1 aliphatic rings. The average Bonchev–Trinajstić information content (AvgIpc) is 2.54. The molecule has 1 saturated heterocycles. The largest absolute Gasteiger partial charge is 0.493 e. The van der Waals surface area contributed by atoms with Crippen LogP contribution in [-0.2, 0) is 6.18 Å². The minimum Gasteiger partial charge on any atom is -0.493 e. The van der Waals surface area contributed by atoms with Gasteiger partial charge in [0.2, 0.25) is 0 Å². The van der Waals surface area contributed by atoms with Crippen molar-refractivity contribution >= 4 is 5.78 Å². The highest BCUT2D eigenvalue weighted by Gasteiger charge is 2.33. The summed E-state index contributed by atoms with van der Waals surface area (Å²) >= 11 is 0. The Kier molecular flexibility index (Phi) is 5.64. The number of benzene rings is 1. The Hall–Kier alpha value is -1.60. The lowest BCUT2D eigenvalue weighted by atomic mass is 10.00. The fourth-order valence-electron chi connectivity index (χ4n) is 2.64. The van der Waals surface area contributed by atoms with E-state index in [-0.39, 0.29) is 23.7 Å². The van der Waals surface area contributed by atoms with Crippen molar-refractivity contribution in [3.63, 3.8) is 0 Å². The maximum Gasteiger partial charge on any atom is 0.416 e. The smallest absolute Gasteiger partial charge is 0.416 e. The second kappa shape index (κ2) is 7.31. The Morgan fingerprint density at radius 1 is 1.35 bits per heavy atom. The van der Waals surface area contributed by atoms with Gasteiger partial charge in [-0.15, -0.1) is 0 Å². The minimum absolute atomic E-state index is 0.00675. The van der Waals surface area contributed by atoms with Crippen LogP contribution in [0.3, 0.4) is 0 Å². The van der Waals surface area contributed by atoms with E-state index in [4.69, 9.17) is 4.74 Å². The van der Waals surface area contributed by atoms with E-state index in [1.54, 1.807) is 13.8 Å². The number of piperazine rings is 1. The molecule has 1 N–H and O–H groups in total. The van der Waals surface area contributed by atoms with Crippen LogP contribution >= 0.6 is 0 Å². The third-order valence-corrected chi connectivity index (χ3v) is 3.95. The molecule has 0 aromatic heterocycles. The van der Waals surface area contributed by atoms with Crippen molar-refractivity contribution in [2.24, 2.45) is 0 Å². The molecular weight excluding hydrogens is 309 g/mol. The van der Waals surface area contributed by atoms with E-state index in [0.29, 0.717) is 13.1 Å². The summed E-state index contributed by atoms with van der Waals surface area (Å²) in [7, 11) is 0. The van der Waals surface area contributed by atoms with Gasteiger partial charge in [-0.3, -0.25) is 9.69 Å². The van der Waals surface area contributed by atoms with Crippen LogP contribution in [0.2, 0.25) is 0 Å². The second-order valence-electron chi connectivity index (χ2n) is 5.47. The summed E-state index contributed by atoms with van der Waals surface area (Å²) in [6.07, 6.45) is -4.49. The molecule has 0 saturated carbocycles. The zero-order valence-corrected chi connectivity index (χ0v) is 13.2. The second-order valence-corrected chi connectivity index (χ2v) is 5.47. The molecule has 1 unspecified atom stereocenters. The number of alkyl halides is 3. The quantitative estimate of drug-likeness (QED) is 0.843. The Labute approximate surface area is 133 Å². The van der Waals surface area contributed by atoms with Crippen LogP contribution in [-0.4, -0.2) is 49.5 Å². The van der Waals surface area contributed by atoms with Crippen molar-refractivity contribution in [2.75, 3.05) is 32.8 Å². The number of ketones is 1. The number of hydrogen-bond acceptors (Lipinski definition) is 4. The summed E-state index contributed by atoms with van der Waals surface area (Å²) < 4.78 is 44.1. The number of nitrogens with one attached hydrogen (secondary N) is 1. The number of ether oxygens (including phenoxy) is 1. The Bertz CT molecular complexity index is 555. The van der Waals surface area contributed by atoms with E-state index in [1.165, 1.54) is 6.07 Å². The molecule has 0 aliphatic carbocycles. The Balaban J connectivity index is 2.31. The van der Waals surface area contributed by atoms with E-state index in [1.807, 2.05) is 4.90 Å². The van der Waals surface area contributed by atoms with Gasteiger partial charge < -0.3 is 10.1 Å². The van der Waals surface area contributed by atoms with Crippen molar-refractivity contribution in [1.82, 2.24) is 10.2 Å². The number of hydrogen-bond donors (Lipinski definition) is 1. The van der Waals surface area contributed by atoms with Gasteiger partial charge in [0.1, 0.15) is 5.75 Å². The zero-order valence-electron chi connectivity index (χ0n) is 13.2. The molecule has 1 fully saturated rings. The number of carbonyl (C=O) groups is 1. The van der Waals surface area contributed by atoms with Crippen LogP contribution in [0, 0.1) is 0 Å². The molecule has 7 heteroatoms. The van der Waals surface area contributed by atoms with Gasteiger partial charge in [-0.25, -0.2) is 0 Å². The SMILES string of the molecule is CCOc1ccc(C(F)(F)F)cc1C(=O)C(C)N1CCNCC1. The molecule has 128 valence electrons. The Morgan fingerprint density at radius 2 is 2.00 bits per heavy atom. The summed E-state index contributed by atoms with van der Waals surface area (Å²) in [5.41, 5.74) is -0.843. The molecule has 0 amide bonds. The van der Waals surface area contributed by atoms with Crippen LogP contribution in [0.25, 0.3) is 0 Å². The fourth-order valence-corrected chi connectivity index (χ4v) is 2.64. The highest BCUT2D eigenvalue weighted by Crippen LogP contribution is 2.33. The van der Waals surface area contributed by atoms with E-state index in [2.05, 4.69) is 5.32 Å². The summed E-state index contributed by atoms with van der Waals surface area (Å²) in [5.74, 6) is -0.145. The van der Waals surface area contributed by atoms with Crippen molar-refractivity contribution in [2.45, 2.75) is 26.1 Å². The van der Waals surface area contributed by atoms with Crippen LogP contribution in [0.5, 0.6) is 5.75 Å². The summed E-state index contributed by atoms with van der Waals surface area (Å²) in [6.45, 7) is 6.64. The first kappa shape index (κ1) is 17.7. The van der Waals surface area contributed by atoms with Gasteiger partial charge in [-0.1, -0.05) is 0 Å². The minimum atomic E-state index is -4.49. The van der Waals surface area contributed by atoms with Gasteiger partial charge >= 0.3 is 6.18 Å². The van der Waals surface area contributed by atoms with E-state index >= 15 is 0 Å². The summed E-state index contributed by atoms with van der Waals surface area (Å²) in [5, 5.41) is 3.18. The van der Waals surface area contributed by atoms with Gasteiger partial charge in [0.05, 0.1) is 23.8 Å². The molecule has 0 spiro atoms. The highest BCUT2D eigenvalue weighted by molar-refractivity contribution is 6.02. The summed E-state index contributed by atoms with van der Waals surface area (Å²) in [4.78, 5) is 14.7. The van der Waals surface area contributed by atoms with Crippen molar-refractivity contribution in [3.8, 4) is 5.75 Å². The zero-order chi connectivity index (χ0) is 17.0. The molecule has 1 aromatic rings. The predicted octanol–water partition coefficient (Wildman–Crippen LogP) is 2.58. The lowest BCUT2D eigenvalue weighted by Crippen LogP contribution is -2.50. The molecular formula is C16H21F3N2O2. The maximum absolute atomic E-state index is 12.9. The van der Waals surface area contributed by atoms with Gasteiger partial charge in [0.25, 0.3) is 0 Å². The molecule has 2 rings (SSSR count). The number of halogens is 3. The first-order valence-corrected chi connectivity index (χ1v) is 7.67. The van der Waals surface area contributed by atoms with Crippen LogP contribution in [0.15, 0.2) is 18.2 Å². The van der Waals surface area contributed by atoms with Crippen LogP contribution < -0.4 is 10.1 Å². The first-order valence-electron chi connectivity index (χ1n) is 7.67. The third-order valence-electron chi connectivity index (χ3n) is 3.95. The van der Waals surface area contributed by atoms with Crippen molar-refractivity contribution in [3.05, 3.63) is 29.3 Å². The normalized spacial score (nSPS) is 17.8. The molecule has 4 nitrogen and oxygen atoms in total. The number of nitrogens with zero attached hydrogens (tertiary/aromatic N) is 1. The lowest BCUT2D eigenvalue weighted by molar-refractivity contribution is -0.137. The molecule has 0 radical (unpaired) electrons. The monoisotopic (exact) mass is 330 g/mol. The highest BCUT2D eigenvalue weighted by atomic mass is 19.4. The number of carbonyl (C=O) groups excluding carboxylic acids is 1. The molecule has 1 aromatic carbocycles. The summed E-state index contributed by atoms with van der Waals surface area (Å²) in [6, 6.07) is 2.58. The van der Waals surface area contributed by atoms with Gasteiger partial charge in [-0.2, -0.15) is 13.2 Å². The van der Waals surface area contributed by atoms with Crippen molar-refractivity contribution in [1.29, 1.82) is 0 Å². The number of rotatable bonds is 5. The standard InChI is InChI=1S/C16H21F3N2O2/c1-3-23-14-5-4-12(16(17,18)19)10-13(14)15(22)11(2)21-8-6-20-7-9-21/h4-5,10-11,20H,3,6-9H2,1-2H3. The fraction of sp³-hybridized carbons (Fsp3) is 0.562. The molecule has 1 heterocycles. The molecule has 23 heavy (non-hydrogen) atoms. The van der Waals surface area contributed by atoms with Gasteiger partial charge in [-0.05, 0) is 32.0 Å². The average molecular weight is 330 g/mol. The Morgan fingerprint density at radius 3 is 2.57 bits per heavy atom. The van der Waals surface area contributed by atoms with Crippen LogP contribution in [0.1, 0.15) is 29.8 Å². The maximum atomic E-state index is 12.9. The lowest BCUT2D eigenvalue weighted by Gasteiger charge is -2.32. The molecule has 0 bridgehead atoms. The predicted molar refractivity (Wildman–Crippen MR) is 80.8 cm³/mol. The van der Waals surface area contributed by atoms with E-state index in [9.17, 15) is 18.0 Å². The molecule has 1 atom stereocenters. The van der Waals surface area contributed by atoms with Gasteiger partial charge in [0.15, 0.2) is 5.78 Å². The van der Waals surface area contributed by atoms with Crippen LogP contribution in [0.4, 0.5) is 13.2 Å². The topological polar surface area (TPSA) is 41.6 Å². The van der Waals surface area contributed by atoms with E-state index < -0.39 is 17.8 Å².